The molecule has 1 aliphatic carbocycles. The van der Waals surface area contributed by atoms with Gasteiger partial charge in [-0.25, -0.2) is 27.2 Å². The number of benzene rings is 1. The quantitative estimate of drug-likeness (QED) is 0.378. The molecular weight excluding hydrogens is 538 g/mol. The van der Waals surface area contributed by atoms with Crippen LogP contribution in [-0.4, -0.2) is 64.0 Å². The minimum atomic E-state index is -4.04. The van der Waals surface area contributed by atoms with Crippen molar-refractivity contribution in [3.05, 3.63) is 29.5 Å². The molecule has 0 radical (unpaired) electrons. The number of morpholine rings is 1. The van der Waals surface area contributed by atoms with Crippen molar-refractivity contribution in [1.29, 1.82) is 5.26 Å². The summed E-state index contributed by atoms with van der Waals surface area (Å²) in [5, 5.41) is 18.0. The van der Waals surface area contributed by atoms with E-state index in [9.17, 15) is 22.5 Å². The monoisotopic (exact) mass is 558 g/mol. The van der Waals surface area contributed by atoms with Gasteiger partial charge in [0.2, 0.25) is 15.2 Å². The molecule has 2 aliphatic heterocycles. The molecule has 1 saturated carbocycles. The number of halogens is 2. The minimum absolute atomic E-state index is 0.0601. The minimum Gasteiger partial charge on any atom is -0.377 e. The fourth-order valence-corrected chi connectivity index (χ4v) is 7.52. The van der Waals surface area contributed by atoms with Gasteiger partial charge in [-0.15, -0.1) is 10.2 Å². The molecule has 196 valence electrons. The van der Waals surface area contributed by atoms with Crippen molar-refractivity contribution in [3.63, 3.8) is 0 Å². The van der Waals surface area contributed by atoms with Gasteiger partial charge in [-0.3, -0.25) is 4.57 Å². The highest BCUT2D eigenvalue weighted by Crippen LogP contribution is 2.42. The SMILES string of the molecule is N#CC1(NS(=O)(=O)c2ccc3c4c(N5C6CCC5COC6)ncnc4n(-c4nnc(C(F)F)s4)c3c2)CC1. The van der Waals surface area contributed by atoms with Crippen LogP contribution < -0.4 is 9.62 Å². The van der Waals surface area contributed by atoms with Crippen molar-refractivity contribution in [3.8, 4) is 11.2 Å². The van der Waals surface area contributed by atoms with Gasteiger partial charge in [0, 0.05) is 5.39 Å². The second kappa shape index (κ2) is 8.34. The van der Waals surface area contributed by atoms with Crippen LogP contribution >= 0.6 is 11.3 Å². The van der Waals surface area contributed by atoms with Gasteiger partial charge in [-0.05, 0) is 37.8 Å². The lowest BCUT2D eigenvalue weighted by Crippen LogP contribution is -2.46. The number of aromatic nitrogens is 5. The first kappa shape index (κ1) is 23.8. The summed E-state index contributed by atoms with van der Waals surface area (Å²) in [5.74, 6) is 0.684. The summed E-state index contributed by atoms with van der Waals surface area (Å²) < 4.78 is 63.0. The molecule has 11 nitrogen and oxygen atoms in total. The highest BCUT2D eigenvalue weighted by molar-refractivity contribution is 7.89. The molecule has 7 rings (SSSR count). The molecule has 2 bridgehead atoms. The fraction of sp³-hybridized carbons (Fsp3) is 0.435. The normalized spacial score (nSPS) is 22.4. The van der Waals surface area contributed by atoms with E-state index in [1.165, 1.54) is 18.5 Å². The third kappa shape index (κ3) is 3.58. The Balaban J connectivity index is 1.47. The molecule has 2 unspecified atom stereocenters. The largest absolute Gasteiger partial charge is 0.377 e. The molecule has 5 heterocycles. The second-order valence-electron chi connectivity index (χ2n) is 9.76. The number of hydrogen-bond acceptors (Lipinski definition) is 10. The van der Waals surface area contributed by atoms with Gasteiger partial charge in [-0.2, -0.15) is 9.98 Å². The Kier molecular flexibility index (Phi) is 5.22. The lowest BCUT2D eigenvalue weighted by atomic mass is 10.1. The van der Waals surface area contributed by atoms with Crippen LogP contribution in [0.4, 0.5) is 14.6 Å². The van der Waals surface area contributed by atoms with Crippen LogP contribution in [0.2, 0.25) is 0 Å². The maximum atomic E-state index is 13.4. The third-order valence-electron chi connectivity index (χ3n) is 7.40. The number of anilines is 1. The zero-order valence-electron chi connectivity index (χ0n) is 19.7. The van der Waals surface area contributed by atoms with Crippen molar-refractivity contribution in [1.82, 2.24) is 29.5 Å². The molecule has 3 aromatic heterocycles. The van der Waals surface area contributed by atoms with Crippen LogP contribution in [0.15, 0.2) is 29.4 Å². The lowest BCUT2D eigenvalue weighted by Gasteiger charge is -2.35. The van der Waals surface area contributed by atoms with Crippen LogP contribution in [0.1, 0.15) is 37.1 Å². The van der Waals surface area contributed by atoms with E-state index in [0.717, 1.165) is 12.8 Å². The fourth-order valence-electron chi connectivity index (χ4n) is 5.41. The van der Waals surface area contributed by atoms with Crippen LogP contribution in [0.5, 0.6) is 0 Å². The number of alkyl halides is 2. The summed E-state index contributed by atoms with van der Waals surface area (Å²) >= 11 is 0.709. The molecule has 3 fully saturated rings. The Morgan fingerprint density at radius 1 is 1.18 bits per heavy atom. The average Bonchev–Trinajstić information content (AvgIpc) is 3.24. The number of nitrogens with zero attached hydrogens (tertiary/aromatic N) is 7. The number of rotatable bonds is 6. The van der Waals surface area contributed by atoms with Crippen LogP contribution in [-0.2, 0) is 14.8 Å². The second-order valence-corrected chi connectivity index (χ2v) is 12.4. The standard InChI is InChI=1S/C23H20F2N8O3S2/c24-18(25)21-29-30-22(37-21)33-16-7-14(38(34,35)31-23(10-26)5-6-23)3-4-15(16)17-19(27-11-28-20(17)33)32-12-1-2-13(32)9-36-8-12/h3-4,7,11-13,18,31H,1-2,5-6,8-9H2. The number of hydrogen-bond donors (Lipinski definition) is 1. The third-order valence-corrected chi connectivity index (χ3v) is 9.85. The van der Waals surface area contributed by atoms with Gasteiger partial charge in [-0.1, -0.05) is 17.4 Å². The molecule has 4 aromatic rings. The van der Waals surface area contributed by atoms with Crippen molar-refractivity contribution in [2.75, 3.05) is 18.1 Å². The van der Waals surface area contributed by atoms with E-state index in [1.54, 1.807) is 10.6 Å². The van der Waals surface area contributed by atoms with E-state index >= 15 is 0 Å². The molecule has 3 aliphatic rings. The van der Waals surface area contributed by atoms with E-state index in [-0.39, 0.29) is 22.1 Å². The summed E-state index contributed by atoms with van der Waals surface area (Å²) in [7, 11) is -4.04. The summed E-state index contributed by atoms with van der Waals surface area (Å²) in [4.78, 5) is 11.3. The summed E-state index contributed by atoms with van der Waals surface area (Å²) in [6, 6.07) is 6.90. The van der Waals surface area contributed by atoms with Crippen molar-refractivity contribution in [2.45, 2.75) is 54.6 Å². The molecule has 0 spiro atoms. The maximum absolute atomic E-state index is 13.4. The van der Waals surface area contributed by atoms with Crippen LogP contribution in [0, 0.1) is 11.3 Å². The molecule has 38 heavy (non-hydrogen) atoms. The molecule has 2 saturated heterocycles. The Bertz CT molecular complexity index is 1730. The van der Waals surface area contributed by atoms with E-state index in [0.29, 0.717) is 65.1 Å². The first-order chi connectivity index (χ1) is 18.3. The van der Waals surface area contributed by atoms with Gasteiger partial charge in [0.25, 0.3) is 6.43 Å². The van der Waals surface area contributed by atoms with E-state index < -0.39 is 27.0 Å². The van der Waals surface area contributed by atoms with Crippen LogP contribution in [0.3, 0.4) is 0 Å². The maximum Gasteiger partial charge on any atom is 0.291 e. The molecule has 15 heteroatoms. The predicted molar refractivity (Wildman–Crippen MR) is 133 cm³/mol. The molecule has 1 N–H and O–H groups in total. The predicted octanol–water partition coefficient (Wildman–Crippen LogP) is 3.06. The highest BCUT2D eigenvalue weighted by atomic mass is 32.2. The summed E-state index contributed by atoms with van der Waals surface area (Å²) in [5.41, 5.74) is -0.282. The number of nitriles is 1. The number of fused-ring (bicyclic) bond motifs is 5. The van der Waals surface area contributed by atoms with Gasteiger partial charge in [0.05, 0.1) is 47.2 Å². The van der Waals surface area contributed by atoms with Gasteiger partial charge in [0.15, 0.2) is 10.7 Å². The number of ether oxygens (including phenoxy) is 1. The van der Waals surface area contributed by atoms with Crippen molar-refractivity contribution < 1.29 is 21.9 Å². The first-order valence-electron chi connectivity index (χ1n) is 12.0. The molecule has 0 amide bonds. The topological polar surface area (TPSA) is 139 Å². The zero-order chi connectivity index (χ0) is 26.2. The Morgan fingerprint density at radius 3 is 2.61 bits per heavy atom. The Morgan fingerprint density at radius 2 is 1.95 bits per heavy atom. The van der Waals surface area contributed by atoms with E-state index in [4.69, 9.17) is 4.74 Å². The molecule has 1 aromatic carbocycles. The van der Waals surface area contributed by atoms with E-state index in [1.807, 2.05) is 6.07 Å². The number of sulfonamides is 1. The summed E-state index contributed by atoms with van der Waals surface area (Å²) in [6.07, 6.45) is 1.40. The number of nitrogens with one attached hydrogen (secondary N) is 1. The smallest absolute Gasteiger partial charge is 0.291 e. The Labute approximate surface area is 219 Å². The Hall–Kier alpha value is -3.32. The van der Waals surface area contributed by atoms with Gasteiger partial charge < -0.3 is 9.64 Å². The average molecular weight is 559 g/mol. The first-order valence-corrected chi connectivity index (χ1v) is 14.3. The van der Waals surface area contributed by atoms with Gasteiger partial charge >= 0.3 is 0 Å². The highest BCUT2D eigenvalue weighted by Gasteiger charge is 2.47. The zero-order valence-corrected chi connectivity index (χ0v) is 21.3. The van der Waals surface area contributed by atoms with Crippen molar-refractivity contribution in [2.24, 2.45) is 0 Å². The van der Waals surface area contributed by atoms with E-state index in [2.05, 4.69) is 29.8 Å². The van der Waals surface area contributed by atoms with Crippen molar-refractivity contribution >= 4 is 49.1 Å². The molecular formula is C23H20F2N8O3S2. The molecule has 2 atom stereocenters. The van der Waals surface area contributed by atoms with Crippen LogP contribution in [0.25, 0.3) is 27.1 Å². The van der Waals surface area contributed by atoms with Gasteiger partial charge in [0.1, 0.15) is 17.7 Å². The lowest BCUT2D eigenvalue weighted by molar-refractivity contribution is 0.0904. The summed E-state index contributed by atoms with van der Waals surface area (Å²) in [6.45, 7) is 1.15.